The van der Waals surface area contributed by atoms with Crippen LogP contribution < -0.4 is 16.8 Å². The summed E-state index contributed by atoms with van der Waals surface area (Å²) in [7, 11) is 0. The van der Waals surface area contributed by atoms with Crippen LogP contribution in [0, 0.1) is 0 Å². The standard InChI is InChI=1S/C10H13N3O3/c11-7-2-1-6(10(15)16)5-8(7)13-4-3-9(12)14/h1-2,5,13H,3-4,11H2,(H2,12,14)(H,15,16). The highest BCUT2D eigenvalue weighted by molar-refractivity contribution is 5.90. The smallest absolute Gasteiger partial charge is 0.335 e. The summed E-state index contributed by atoms with van der Waals surface area (Å²) < 4.78 is 0. The van der Waals surface area contributed by atoms with Crippen LogP contribution >= 0.6 is 0 Å². The minimum atomic E-state index is -1.03. The predicted octanol–water partition coefficient (Wildman–Crippen LogP) is 0.254. The normalized spacial score (nSPS) is 9.75. The van der Waals surface area contributed by atoms with Gasteiger partial charge in [-0.05, 0) is 18.2 Å². The zero-order valence-corrected chi connectivity index (χ0v) is 8.56. The Bertz CT molecular complexity index is 418. The summed E-state index contributed by atoms with van der Waals surface area (Å²) in [6.45, 7) is 0.322. The number of benzene rings is 1. The molecule has 0 aliphatic heterocycles. The lowest BCUT2D eigenvalue weighted by Gasteiger charge is -2.09. The maximum absolute atomic E-state index is 10.7. The number of hydrogen-bond donors (Lipinski definition) is 4. The van der Waals surface area contributed by atoms with Gasteiger partial charge in [-0.1, -0.05) is 0 Å². The van der Waals surface area contributed by atoms with Gasteiger partial charge in [0, 0.05) is 13.0 Å². The molecule has 0 heterocycles. The molecule has 1 aromatic carbocycles. The van der Waals surface area contributed by atoms with E-state index in [4.69, 9.17) is 16.6 Å². The van der Waals surface area contributed by atoms with E-state index in [-0.39, 0.29) is 12.0 Å². The van der Waals surface area contributed by atoms with Crippen LogP contribution in [0.25, 0.3) is 0 Å². The SMILES string of the molecule is NC(=O)CCNc1cc(C(=O)O)ccc1N. The number of carboxylic acid groups (broad SMARTS) is 1. The number of primary amides is 1. The molecule has 16 heavy (non-hydrogen) atoms. The molecule has 0 aliphatic rings. The van der Waals surface area contributed by atoms with Crippen molar-refractivity contribution < 1.29 is 14.7 Å². The Morgan fingerprint density at radius 3 is 2.62 bits per heavy atom. The Morgan fingerprint density at radius 2 is 2.06 bits per heavy atom. The molecule has 0 radical (unpaired) electrons. The quantitative estimate of drug-likeness (QED) is 0.534. The summed E-state index contributed by atoms with van der Waals surface area (Å²) in [5, 5.41) is 11.6. The van der Waals surface area contributed by atoms with Gasteiger partial charge in [-0.15, -0.1) is 0 Å². The number of rotatable bonds is 5. The number of carboxylic acids is 1. The maximum atomic E-state index is 10.7. The van der Waals surface area contributed by atoms with Crippen molar-refractivity contribution in [3.05, 3.63) is 23.8 Å². The monoisotopic (exact) mass is 223 g/mol. The third-order valence-electron chi connectivity index (χ3n) is 1.99. The first-order chi connectivity index (χ1) is 7.50. The molecule has 0 spiro atoms. The lowest BCUT2D eigenvalue weighted by atomic mass is 10.1. The van der Waals surface area contributed by atoms with E-state index in [1.165, 1.54) is 18.2 Å². The molecule has 1 rings (SSSR count). The molecule has 6 heteroatoms. The van der Waals surface area contributed by atoms with Gasteiger partial charge in [0.15, 0.2) is 0 Å². The topological polar surface area (TPSA) is 118 Å². The van der Waals surface area contributed by atoms with Crippen molar-refractivity contribution in [1.29, 1.82) is 0 Å². The molecule has 6 nitrogen and oxygen atoms in total. The van der Waals surface area contributed by atoms with Gasteiger partial charge in [0.25, 0.3) is 0 Å². The number of carbonyl (C=O) groups is 2. The van der Waals surface area contributed by atoms with Gasteiger partial charge in [0.2, 0.25) is 5.91 Å². The van der Waals surface area contributed by atoms with Crippen LogP contribution in [0.3, 0.4) is 0 Å². The summed E-state index contributed by atoms with van der Waals surface area (Å²) in [5.41, 5.74) is 11.7. The van der Waals surface area contributed by atoms with E-state index in [1.54, 1.807) is 0 Å². The molecular weight excluding hydrogens is 210 g/mol. The number of anilines is 2. The van der Waals surface area contributed by atoms with Crippen molar-refractivity contribution in [2.45, 2.75) is 6.42 Å². The van der Waals surface area contributed by atoms with Gasteiger partial charge in [0.1, 0.15) is 0 Å². The van der Waals surface area contributed by atoms with E-state index in [2.05, 4.69) is 5.32 Å². The highest BCUT2D eigenvalue weighted by atomic mass is 16.4. The number of nitrogen functional groups attached to an aromatic ring is 1. The molecule has 0 aliphatic carbocycles. The number of carbonyl (C=O) groups excluding carboxylic acids is 1. The van der Waals surface area contributed by atoms with E-state index in [9.17, 15) is 9.59 Å². The number of amides is 1. The zero-order chi connectivity index (χ0) is 12.1. The van der Waals surface area contributed by atoms with Gasteiger partial charge in [0.05, 0.1) is 16.9 Å². The molecular formula is C10H13N3O3. The van der Waals surface area contributed by atoms with Crippen molar-refractivity contribution in [2.24, 2.45) is 5.73 Å². The molecule has 0 atom stereocenters. The van der Waals surface area contributed by atoms with E-state index in [1.807, 2.05) is 0 Å². The van der Waals surface area contributed by atoms with Crippen LogP contribution in [0.1, 0.15) is 16.8 Å². The highest BCUT2D eigenvalue weighted by Gasteiger charge is 2.06. The first-order valence-electron chi connectivity index (χ1n) is 4.65. The molecule has 6 N–H and O–H groups in total. The molecule has 1 amide bonds. The second-order valence-electron chi connectivity index (χ2n) is 3.25. The summed E-state index contributed by atoms with van der Waals surface area (Å²) in [5.74, 6) is -1.46. The van der Waals surface area contributed by atoms with E-state index in [0.29, 0.717) is 17.9 Å². The Hall–Kier alpha value is -2.24. The van der Waals surface area contributed by atoms with Gasteiger partial charge in [-0.25, -0.2) is 4.79 Å². The second kappa shape index (κ2) is 5.01. The van der Waals surface area contributed by atoms with Crippen LogP contribution in [-0.4, -0.2) is 23.5 Å². The Kier molecular flexibility index (Phi) is 3.71. The Morgan fingerprint density at radius 1 is 1.38 bits per heavy atom. The molecule has 1 aromatic rings. The number of nitrogens with two attached hydrogens (primary N) is 2. The third-order valence-corrected chi connectivity index (χ3v) is 1.99. The molecule has 0 bridgehead atoms. The van der Waals surface area contributed by atoms with Crippen LogP contribution in [-0.2, 0) is 4.79 Å². The van der Waals surface area contributed by atoms with E-state index < -0.39 is 11.9 Å². The van der Waals surface area contributed by atoms with Crippen LogP contribution in [0.5, 0.6) is 0 Å². The molecule has 0 saturated heterocycles. The predicted molar refractivity (Wildman–Crippen MR) is 60.1 cm³/mol. The van der Waals surface area contributed by atoms with Crippen molar-refractivity contribution in [3.8, 4) is 0 Å². The van der Waals surface area contributed by atoms with Crippen LogP contribution in [0.2, 0.25) is 0 Å². The third kappa shape index (κ3) is 3.16. The molecule has 0 unspecified atom stereocenters. The molecule has 0 aromatic heterocycles. The van der Waals surface area contributed by atoms with Crippen LogP contribution in [0.4, 0.5) is 11.4 Å². The Labute approximate surface area is 92.2 Å². The molecule has 0 fully saturated rings. The lowest BCUT2D eigenvalue weighted by Crippen LogP contribution is -2.16. The number of hydrogen-bond acceptors (Lipinski definition) is 4. The first-order valence-corrected chi connectivity index (χ1v) is 4.65. The fraction of sp³-hybridized carbons (Fsp3) is 0.200. The van der Waals surface area contributed by atoms with E-state index >= 15 is 0 Å². The summed E-state index contributed by atoms with van der Waals surface area (Å²) in [6.07, 6.45) is 0.163. The zero-order valence-electron chi connectivity index (χ0n) is 8.56. The maximum Gasteiger partial charge on any atom is 0.335 e. The summed E-state index contributed by atoms with van der Waals surface area (Å²) in [6, 6.07) is 4.33. The van der Waals surface area contributed by atoms with Crippen LogP contribution in [0.15, 0.2) is 18.2 Å². The lowest BCUT2D eigenvalue weighted by molar-refractivity contribution is -0.117. The number of nitrogens with one attached hydrogen (secondary N) is 1. The fourth-order valence-electron chi connectivity index (χ4n) is 1.16. The van der Waals surface area contributed by atoms with Gasteiger partial charge >= 0.3 is 5.97 Å². The van der Waals surface area contributed by atoms with Gasteiger partial charge < -0.3 is 21.9 Å². The van der Waals surface area contributed by atoms with Crippen molar-refractivity contribution in [3.63, 3.8) is 0 Å². The second-order valence-corrected chi connectivity index (χ2v) is 3.25. The molecule has 0 saturated carbocycles. The fourth-order valence-corrected chi connectivity index (χ4v) is 1.16. The summed E-state index contributed by atoms with van der Waals surface area (Å²) in [4.78, 5) is 21.2. The van der Waals surface area contributed by atoms with E-state index in [0.717, 1.165) is 0 Å². The average molecular weight is 223 g/mol. The highest BCUT2D eigenvalue weighted by Crippen LogP contribution is 2.19. The molecule has 86 valence electrons. The van der Waals surface area contributed by atoms with Gasteiger partial charge in [-0.2, -0.15) is 0 Å². The van der Waals surface area contributed by atoms with Crippen molar-refractivity contribution in [2.75, 3.05) is 17.6 Å². The van der Waals surface area contributed by atoms with Crippen molar-refractivity contribution in [1.82, 2.24) is 0 Å². The minimum Gasteiger partial charge on any atom is -0.478 e. The first kappa shape index (κ1) is 11.8. The van der Waals surface area contributed by atoms with Gasteiger partial charge in [-0.3, -0.25) is 4.79 Å². The Balaban J connectivity index is 2.74. The summed E-state index contributed by atoms with van der Waals surface area (Å²) >= 11 is 0. The number of aromatic carboxylic acids is 1. The largest absolute Gasteiger partial charge is 0.478 e. The van der Waals surface area contributed by atoms with Crippen molar-refractivity contribution >= 4 is 23.3 Å². The average Bonchev–Trinajstić information content (AvgIpc) is 2.20. The minimum absolute atomic E-state index is 0.135.